The number of fused-ring (bicyclic) bond motifs is 3. The molecule has 11 heteroatoms. The normalized spacial score (nSPS) is 13.4. The van der Waals surface area contributed by atoms with E-state index in [0.29, 0.717) is 24.3 Å². The van der Waals surface area contributed by atoms with Gasteiger partial charge in [-0.2, -0.15) is 13.2 Å². The average molecular weight is 570 g/mol. The molecule has 1 aliphatic heterocycles. The lowest BCUT2D eigenvalue weighted by atomic mass is 10.1. The lowest BCUT2D eigenvalue weighted by molar-refractivity contribution is -0.154. The quantitative estimate of drug-likeness (QED) is 0.233. The first-order valence-electron chi connectivity index (χ1n) is 12.8. The number of benzene rings is 3. The summed E-state index contributed by atoms with van der Waals surface area (Å²) in [5, 5.41) is -0.0786. The second-order valence-electron chi connectivity index (χ2n) is 9.24. The van der Waals surface area contributed by atoms with E-state index in [0.717, 1.165) is 11.3 Å². The van der Waals surface area contributed by atoms with E-state index in [1.807, 2.05) is 29.2 Å². The van der Waals surface area contributed by atoms with Crippen LogP contribution in [0.5, 0.6) is 23.0 Å². The van der Waals surface area contributed by atoms with Crippen LogP contribution in [0.25, 0.3) is 11.0 Å². The van der Waals surface area contributed by atoms with Crippen LogP contribution in [0.15, 0.2) is 69.9 Å². The number of ether oxygens (including phenoxy) is 4. The maximum absolute atomic E-state index is 14.2. The van der Waals surface area contributed by atoms with Gasteiger partial charge in [-0.3, -0.25) is 9.69 Å². The second-order valence-corrected chi connectivity index (χ2v) is 9.24. The molecule has 0 unspecified atom stereocenters. The standard InChI is InChI=1S/C30H26F3NO7/c1-3-38-29(36)19-8-10-20(11-9-19)40-27-25(35)21-12-13-24-22(26(21)41-28(27)30(31,32)33)16-34(17-39-24)15-14-18-6-4-5-7-23(18)37-2/h4-13H,3,14-17H2,1-2H3. The van der Waals surface area contributed by atoms with Crippen molar-refractivity contribution in [2.75, 3.05) is 27.0 Å². The minimum absolute atomic E-state index is 0.0786. The molecule has 0 N–H and O–H groups in total. The second kappa shape index (κ2) is 11.5. The van der Waals surface area contributed by atoms with Crippen molar-refractivity contribution in [3.8, 4) is 23.0 Å². The van der Waals surface area contributed by atoms with Crippen molar-refractivity contribution in [2.24, 2.45) is 0 Å². The van der Waals surface area contributed by atoms with Crippen molar-refractivity contribution >= 4 is 16.9 Å². The molecule has 2 heterocycles. The smallest absolute Gasteiger partial charge is 0.453 e. The first kappa shape index (κ1) is 28.0. The van der Waals surface area contributed by atoms with Crippen molar-refractivity contribution in [1.82, 2.24) is 4.90 Å². The van der Waals surface area contributed by atoms with Crippen LogP contribution >= 0.6 is 0 Å². The summed E-state index contributed by atoms with van der Waals surface area (Å²) in [6.45, 7) is 2.76. The summed E-state index contributed by atoms with van der Waals surface area (Å²) in [6, 6.07) is 15.7. The topological polar surface area (TPSA) is 87.4 Å². The fourth-order valence-corrected chi connectivity index (χ4v) is 4.60. The SMILES string of the molecule is CCOC(=O)c1ccc(Oc2c(C(F)(F)F)oc3c4c(ccc3c2=O)OCN(CCc2ccccc2OC)C4)cc1. The first-order valence-corrected chi connectivity index (χ1v) is 12.8. The third-order valence-corrected chi connectivity index (χ3v) is 6.60. The van der Waals surface area contributed by atoms with E-state index in [9.17, 15) is 22.8 Å². The van der Waals surface area contributed by atoms with Gasteiger partial charge in [0.05, 0.1) is 30.2 Å². The molecule has 0 saturated heterocycles. The third-order valence-electron chi connectivity index (χ3n) is 6.60. The minimum Gasteiger partial charge on any atom is -0.496 e. The van der Waals surface area contributed by atoms with Crippen LogP contribution in [-0.2, 0) is 23.9 Å². The Morgan fingerprint density at radius 1 is 1.05 bits per heavy atom. The van der Waals surface area contributed by atoms with Crippen LogP contribution in [0.1, 0.15) is 34.2 Å². The number of rotatable bonds is 8. The van der Waals surface area contributed by atoms with Gasteiger partial charge in [-0.15, -0.1) is 0 Å². The summed E-state index contributed by atoms with van der Waals surface area (Å²) < 4.78 is 69.5. The maximum Gasteiger partial charge on any atom is 0.453 e. The van der Waals surface area contributed by atoms with E-state index in [1.165, 1.54) is 36.4 Å². The van der Waals surface area contributed by atoms with Crippen molar-refractivity contribution in [3.63, 3.8) is 0 Å². The van der Waals surface area contributed by atoms with E-state index in [1.54, 1.807) is 14.0 Å². The van der Waals surface area contributed by atoms with Crippen molar-refractivity contribution in [3.05, 3.63) is 93.3 Å². The number of methoxy groups -OCH3 is 1. The van der Waals surface area contributed by atoms with Gasteiger partial charge in [0.2, 0.25) is 11.2 Å². The number of carbonyl (C=O) groups excluding carboxylic acids is 1. The molecule has 0 bridgehead atoms. The molecule has 4 aromatic rings. The highest BCUT2D eigenvalue weighted by Gasteiger charge is 2.41. The summed E-state index contributed by atoms with van der Waals surface area (Å²) in [4.78, 5) is 27.2. The van der Waals surface area contributed by atoms with Crippen LogP contribution < -0.4 is 19.6 Å². The Labute approximate surface area is 232 Å². The molecule has 3 aromatic carbocycles. The molecule has 0 spiro atoms. The van der Waals surface area contributed by atoms with E-state index in [4.69, 9.17) is 23.4 Å². The van der Waals surface area contributed by atoms with E-state index in [2.05, 4.69) is 0 Å². The molecule has 8 nitrogen and oxygen atoms in total. The maximum atomic E-state index is 14.2. The van der Waals surface area contributed by atoms with Gasteiger partial charge in [-0.05, 0) is 61.4 Å². The van der Waals surface area contributed by atoms with E-state index in [-0.39, 0.29) is 42.2 Å². The lowest BCUT2D eigenvalue weighted by Gasteiger charge is -2.29. The molecule has 0 amide bonds. The van der Waals surface area contributed by atoms with Gasteiger partial charge in [0.15, 0.2) is 0 Å². The highest BCUT2D eigenvalue weighted by atomic mass is 19.4. The predicted molar refractivity (Wildman–Crippen MR) is 143 cm³/mol. The van der Waals surface area contributed by atoms with Gasteiger partial charge in [0.1, 0.15) is 29.6 Å². The number of esters is 1. The predicted octanol–water partition coefficient (Wildman–Crippen LogP) is 6.18. The van der Waals surface area contributed by atoms with Crippen LogP contribution in [-0.4, -0.2) is 37.9 Å². The fourth-order valence-electron chi connectivity index (χ4n) is 4.60. The lowest BCUT2D eigenvalue weighted by Crippen LogP contribution is -2.34. The van der Waals surface area contributed by atoms with Gasteiger partial charge >= 0.3 is 12.1 Å². The number of halogens is 3. The molecule has 0 saturated carbocycles. The van der Waals surface area contributed by atoms with Crippen LogP contribution in [0.4, 0.5) is 13.2 Å². The number of nitrogens with zero attached hydrogens (tertiary/aromatic N) is 1. The largest absolute Gasteiger partial charge is 0.496 e. The minimum atomic E-state index is -5.03. The average Bonchev–Trinajstić information content (AvgIpc) is 2.97. The van der Waals surface area contributed by atoms with Crippen LogP contribution in [0.2, 0.25) is 0 Å². The van der Waals surface area contributed by atoms with Gasteiger partial charge in [-0.25, -0.2) is 4.79 Å². The van der Waals surface area contributed by atoms with E-state index >= 15 is 0 Å². The Morgan fingerprint density at radius 3 is 2.51 bits per heavy atom. The number of alkyl halides is 3. The summed E-state index contributed by atoms with van der Waals surface area (Å²) in [5.74, 6) is -2.17. The van der Waals surface area contributed by atoms with E-state index < -0.39 is 29.1 Å². The van der Waals surface area contributed by atoms with Crippen LogP contribution in [0.3, 0.4) is 0 Å². The molecule has 214 valence electrons. The Kier molecular flexibility index (Phi) is 7.89. The zero-order valence-electron chi connectivity index (χ0n) is 22.2. The number of hydrogen-bond acceptors (Lipinski definition) is 8. The van der Waals surface area contributed by atoms with Gasteiger partial charge in [-0.1, -0.05) is 18.2 Å². The Morgan fingerprint density at radius 2 is 1.80 bits per heavy atom. The Balaban J connectivity index is 1.47. The zero-order valence-corrected chi connectivity index (χ0v) is 22.2. The van der Waals surface area contributed by atoms with Crippen molar-refractivity contribution < 1.29 is 41.3 Å². The molecule has 1 aromatic heterocycles. The number of hydrogen-bond donors (Lipinski definition) is 0. The van der Waals surface area contributed by atoms with Gasteiger partial charge in [0.25, 0.3) is 5.76 Å². The molecule has 5 rings (SSSR count). The van der Waals surface area contributed by atoms with Gasteiger partial charge < -0.3 is 23.4 Å². The third kappa shape index (κ3) is 5.85. The number of para-hydroxylation sites is 1. The highest BCUT2D eigenvalue weighted by molar-refractivity contribution is 5.89. The molecule has 0 fully saturated rings. The zero-order chi connectivity index (χ0) is 29.1. The molecule has 1 aliphatic rings. The first-order chi connectivity index (χ1) is 19.7. The van der Waals surface area contributed by atoms with Crippen molar-refractivity contribution in [1.29, 1.82) is 0 Å². The molecule has 0 aliphatic carbocycles. The summed E-state index contributed by atoms with van der Waals surface area (Å²) >= 11 is 0. The number of carbonyl (C=O) groups is 1. The molecular formula is C30H26F3NO7. The Bertz CT molecular complexity index is 1630. The molecule has 41 heavy (non-hydrogen) atoms. The van der Waals surface area contributed by atoms with Gasteiger partial charge in [0, 0.05) is 13.1 Å². The summed E-state index contributed by atoms with van der Waals surface area (Å²) in [7, 11) is 1.59. The summed E-state index contributed by atoms with van der Waals surface area (Å²) in [6.07, 6.45) is -4.42. The van der Waals surface area contributed by atoms with Crippen molar-refractivity contribution in [2.45, 2.75) is 26.1 Å². The molecular weight excluding hydrogens is 543 g/mol. The van der Waals surface area contributed by atoms with Crippen LogP contribution in [0, 0.1) is 0 Å². The fraction of sp³-hybridized carbons (Fsp3) is 0.267. The summed E-state index contributed by atoms with van der Waals surface area (Å²) in [5.41, 5.74) is 0.292. The highest BCUT2D eigenvalue weighted by Crippen LogP contribution is 2.41. The Hall–Kier alpha value is -4.51. The monoisotopic (exact) mass is 569 g/mol. The molecule has 0 atom stereocenters. The molecule has 0 radical (unpaired) electrons.